The maximum Gasteiger partial charge on any atom is 0.358 e. The quantitative estimate of drug-likeness (QED) is 0.727. The standard InChI is InChI=1S/C11H17N3O3/c1-3-4-14(5-6-15)10-8-12-9(7-13-10)11(16)17-2/h7-8,15H,3-6H2,1-2H3. The number of carbonyl (C=O) groups excluding carboxylic acids is 1. The van der Waals surface area contributed by atoms with E-state index in [0.717, 1.165) is 13.0 Å². The van der Waals surface area contributed by atoms with Crippen LogP contribution in [0.15, 0.2) is 12.4 Å². The highest BCUT2D eigenvalue weighted by molar-refractivity contribution is 5.86. The Hall–Kier alpha value is -1.69. The van der Waals surface area contributed by atoms with Crippen molar-refractivity contribution < 1.29 is 14.6 Å². The predicted octanol–water partition coefficient (Wildman–Crippen LogP) is 0.472. The van der Waals surface area contributed by atoms with Crippen molar-refractivity contribution in [1.29, 1.82) is 0 Å². The second-order valence-corrected chi connectivity index (χ2v) is 3.46. The normalized spacial score (nSPS) is 10.1. The molecule has 6 nitrogen and oxygen atoms in total. The molecule has 0 aliphatic rings. The third-order valence-corrected chi connectivity index (χ3v) is 2.22. The number of hydrogen-bond donors (Lipinski definition) is 1. The molecule has 1 aromatic rings. The van der Waals surface area contributed by atoms with Gasteiger partial charge in [-0.15, -0.1) is 0 Å². The number of rotatable bonds is 6. The van der Waals surface area contributed by atoms with Gasteiger partial charge in [-0.3, -0.25) is 0 Å². The minimum Gasteiger partial charge on any atom is -0.464 e. The third-order valence-electron chi connectivity index (χ3n) is 2.22. The van der Waals surface area contributed by atoms with Crippen LogP contribution in [0.25, 0.3) is 0 Å². The Morgan fingerprint density at radius 2 is 2.18 bits per heavy atom. The SMILES string of the molecule is CCCN(CCO)c1cnc(C(=O)OC)cn1. The zero-order valence-corrected chi connectivity index (χ0v) is 10.1. The second-order valence-electron chi connectivity index (χ2n) is 3.46. The van der Waals surface area contributed by atoms with Crippen molar-refractivity contribution in [3.63, 3.8) is 0 Å². The lowest BCUT2D eigenvalue weighted by molar-refractivity contribution is 0.0593. The summed E-state index contributed by atoms with van der Waals surface area (Å²) in [7, 11) is 1.30. The molecule has 1 N–H and O–H groups in total. The van der Waals surface area contributed by atoms with Crippen LogP contribution < -0.4 is 4.90 Å². The van der Waals surface area contributed by atoms with Gasteiger partial charge in [-0.05, 0) is 6.42 Å². The first-order valence-corrected chi connectivity index (χ1v) is 5.49. The van der Waals surface area contributed by atoms with E-state index in [-0.39, 0.29) is 12.3 Å². The van der Waals surface area contributed by atoms with Gasteiger partial charge < -0.3 is 14.7 Å². The number of nitrogens with zero attached hydrogens (tertiary/aromatic N) is 3. The summed E-state index contributed by atoms with van der Waals surface area (Å²) in [4.78, 5) is 21.2. The molecule has 0 aliphatic carbocycles. The van der Waals surface area contributed by atoms with E-state index >= 15 is 0 Å². The number of esters is 1. The Balaban J connectivity index is 2.80. The minimum absolute atomic E-state index is 0.0560. The van der Waals surface area contributed by atoms with Crippen LogP contribution in [0, 0.1) is 0 Å². The summed E-state index contributed by atoms with van der Waals surface area (Å²) in [6.45, 7) is 3.38. The van der Waals surface area contributed by atoms with Gasteiger partial charge >= 0.3 is 5.97 Å². The van der Waals surface area contributed by atoms with Crippen molar-refractivity contribution in [3.8, 4) is 0 Å². The molecule has 94 valence electrons. The van der Waals surface area contributed by atoms with Crippen molar-refractivity contribution in [3.05, 3.63) is 18.1 Å². The first-order chi connectivity index (χ1) is 8.22. The number of ether oxygens (including phenoxy) is 1. The van der Waals surface area contributed by atoms with Crippen molar-refractivity contribution >= 4 is 11.8 Å². The first kappa shape index (κ1) is 13.4. The molecule has 1 heterocycles. The largest absolute Gasteiger partial charge is 0.464 e. The van der Waals surface area contributed by atoms with Crippen LogP contribution in [0.1, 0.15) is 23.8 Å². The number of aromatic nitrogens is 2. The lowest BCUT2D eigenvalue weighted by atomic mass is 10.4. The number of aliphatic hydroxyl groups excluding tert-OH is 1. The van der Waals surface area contributed by atoms with E-state index in [9.17, 15) is 4.79 Å². The summed E-state index contributed by atoms with van der Waals surface area (Å²) in [5.74, 6) is 0.141. The zero-order valence-electron chi connectivity index (χ0n) is 10.1. The average molecular weight is 239 g/mol. The molecule has 1 aromatic heterocycles. The van der Waals surface area contributed by atoms with E-state index in [1.165, 1.54) is 19.5 Å². The summed E-state index contributed by atoms with van der Waals surface area (Å²) in [5, 5.41) is 8.94. The van der Waals surface area contributed by atoms with E-state index in [2.05, 4.69) is 14.7 Å². The van der Waals surface area contributed by atoms with Gasteiger partial charge in [0.15, 0.2) is 5.69 Å². The number of anilines is 1. The number of hydrogen-bond acceptors (Lipinski definition) is 6. The van der Waals surface area contributed by atoms with Gasteiger partial charge in [0.2, 0.25) is 0 Å². The molecule has 0 amide bonds. The lowest BCUT2D eigenvalue weighted by Gasteiger charge is -2.21. The van der Waals surface area contributed by atoms with E-state index < -0.39 is 5.97 Å². The van der Waals surface area contributed by atoms with Crippen LogP contribution in [0.3, 0.4) is 0 Å². The average Bonchev–Trinajstić information content (AvgIpc) is 2.38. The summed E-state index contributed by atoms with van der Waals surface area (Å²) >= 11 is 0. The second kappa shape index (κ2) is 6.80. The summed E-state index contributed by atoms with van der Waals surface area (Å²) < 4.78 is 4.54. The van der Waals surface area contributed by atoms with Crippen LogP contribution in [-0.4, -0.2) is 47.8 Å². The molecule has 0 aromatic carbocycles. The van der Waals surface area contributed by atoms with Crippen LogP contribution >= 0.6 is 0 Å². The Bertz CT molecular complexity index is 347. The third kappa shape index (κ3) is 3.67. The maximum atomic E-state index is 11.2. The van der Waals surface area contributed by atoms with Gasteiger partial charge in [-0.2, -0.15) is 0 Å². The van der Waals surface area contributed by atoms with E-state index in [0.29, 0.717) is 12.4 Å². The molecular formula is C11H17N3O3. The summed E-state index contributed by atoms with van der Waals surface area (Å²) in [6.07, 6.45) is 3.83. The highest BCUT2D eigenvalue weighted by Crippen LogP contribution is 2.09. The highest BCUT2D eigenvalue weighted by atomic mass is 16.5. The van der Waals surface area contributed by atoms with Crippen molar-refractivity contribution in [2.24, 2.45) is 0 Å². The maximum absolute atomic E-state index is 11.2. The van der Waals surface area contributed by atoms with Gasteiger partial charge in [0.1, 0.15) is 5.82 Å². The van der Waals surface area contributed by atoms with E-state index in [1.54, 1.807) is 0 Å². The molecule has 0 fully saturated rings. The molecule has 0 radical (unpaired) electrons. The lowest BCUT2D eigenvalue weighted by Crippen LogP contribution is -2.28. The first-order valence-electron chi connectivity index (χ1n) is 5.49. The fourth-order valence-corrected chi connectivity index (χ4v) is 1.43. The Kier molecular flexibility index (Phi) is 5.35. The molecule has 0 saturated heterocycles. The highest BCUT2D eigenvalue weighted by Gasteiger charge is 2.10. The Morgan fingerprint density at radius 3 is 2.65 bits per heavy atom. The smallest absolute Gasteiger partial charge is 0.358 e. The van der Waals surface area contributed by atoms with Crippen molar-refractivity contribution in [1.82, 2.24) is 9.97 Å². The topological polar surface area (TPSA) is 75.5 Å². The number of aliphatic hydroxyl groups is 1. The molecule has 17 heavy (non-hydrogen) atoms. The van der Waals surface area contributed by atoms with Gasteiger partial charge in [0.25, 0.3) is 0 Å². The molecule has 0 spiro atoms. The fourth-order valence-electron chi connectivity index (χ4n) is 1.43. The van der Waals surface area contributed by atoms with Gasteiger partial charge in [-0.1, -0.05) is 6.92 Å². The molecule has 6 heteroatoms. The molecule has 0 saturated carbocycles. The summed E-state index contributed by atoms with van der Waals surface area (Å²) in [5.41, 5.74) is 0.177. The van der Waals surface area contributed by atoms with Crippen molar-refractivity contribution in [2.45, 2.75) is 13.3 Å². The molecule has 0 atom stereocenters. The van der Waals surface area contributed by atoms with Crippen LogP contribution in [0.4, 0.5) is 5.82 Å². The molecule has 0 aliphatic heterocycles. The monoisotopic (exact) mass is 239 g/mol. The molecular weight excluding hydrogens is 222 g/mol. The minimum atomic E-state index is -0.506. The van der Waals surface area contributed by atoms with Crippen LogP contribution in [0.2, 0.25) is 0 Å². The molecule has 0 bridgehead atoms. The van der Waals surface area contributed by atoms with Gasteiger partial charge in [0, 0.05) is 13.1 Å². The predicted molar refractivity (Wildman–Crippen MR) is 63.0 cm³/mol. The number of carbonyl (C=O) groups is 1. The van der Waals surface area contributed by atoms with Crippen molar-refractivity contribution in [2.75, 3.05) is 31.7 Å². The van der Waals surface area contributed by atoms with E-state index in [1.807, 2.05) is 11.8 Å². The Labute approximate surface area is 100 Å². The molecule has 0 unspecified atom stereocenters. The summed E-state index contributed by atoms with van der Waals surface area (Å²) in [6, 6.07) is 0. The van der Waals surface area contributed by atoms with Crippen LogP contribution in [-0.2, 0) is 4.74 Å². The van der Waals surface area contributed by atoms with Gasteiger partial charge in [-0.25, -0.2) is 14.8 Å². The van der Waals surface area contributed by atoms with Crippen LogP contribution in [0.5, 0.6) is 0 Å². The number of methoxy groups -OCH3 is 1. The molecule has 1 rings (SSSR count). The Morgan fingerprint density at radius 1 is 1.41 bits per heavy atom. The van der Waals surface area contributed by atoms with E-state index in [4.69, 9.17) is 5.11 Å². The fraction of sp³-hybridized carbons (Fsp3) is 0.545. The van der Waals surface area contributed by atoms with Gasteiger partial charge in [0.05, 0.1) is 26.1 Å². The zero-order chi connectivity index (χ0) is 12.7.